The van der Waals surface area contributed by atoms with E-state index in [-0.39, 0.29) is 30.2 Å². The van der Waals surface area contributed by atoms with Gasteiger partial charge >= 0.3 is 6.18 Å². The standard InChI is InChI=1S/C13H10F5N3O/c14-6-1-2-7(9(15)5-6)11-20-12(22-21-11)10-8(3-4-19-10)13(16,17)18/h1-2,5,8,10,19H,3-4H2/t8-,10-/m0/s1. The maximum Gasteiger partial charge on any atom is 0.393 e. The first-order valence-corrected chi connectivity index (χ1v) is 6.45. The van der Waals surface area contributed by atoms with Crippen LogP contribution in [0.25, 0.3) is 11.4 Å². The number of hydrogen-bond donors (Lipinski definition) is 1. The van der Waals surface area contributed by atoms with Gasteiger partial charge in [-0.25, -0.2) is 8.78 Å². The van der Waals surface area contributed by atoms with E-state index in [1.54, 1.807) is 0 Å². The van der Waals surface area contributed by atoms with Crippen molar-refractivity contribution in [3.63, 3.8) is 0 Å². The van der Waals surface area contributed by atoms with Crippen LogP contribution < -0.4 is 5.32 Å². The lowest BCUT2D eigenvalue weighted by Crippen LogP contribution is -2.29. The molecule has 0 aliphatic carbocycles. The van der Waals surface area contributed by atoms with Crippen molar-refractivity contribution in [3.8, 4) is 11.4 Å². The molecule has 118 valence electrons. The van der Waals surface area contributed by atoms with Gasteiger partial charge in [-0.1, -0.05) is 5.16 Å². The summed E-state index contributed by atoms with van der Waals surface area (Å²) in [5.41, 5.74) is -0.141. The predicted molar refractivity (Wildman–Crippen MR) is 64.6 cm³/mol. The molecule has 0 saturated carbocycles. The van der Waals surface area contributed by atoms with Crippen LogP contribution in [0.4, 0.5) is 22.0 Å². The zero-order valence-corrected chi connectivity index (χ0v) is 11.0. The van der Waals surface area contributed by atoms with Gasteiger partial charge in [0.1, 0.15) is 11.6 Å². The number of nitrogens with zero attached hydrogens (tertiary/aromatic N) is 2. The van der Waals surface area contributed by atoms with E-state index in [1.807, 2.05) is 0 Å². The van der Waals surface area contributed by atoms with E-state index in [2.05, 4.69) is 15.5 Å². The average molecular weight is 319 g/mol. The van der Waals surface area contributed by atoms with Gasteiger partial charge in [-0.2, -0.15) is 18.2 Å². The molecule has 9 heteroatoms. The molecule has 1 aromatic carbocycles. The summed E-state index contributed by atoms with van der Waals surface area (Å²) < 4.78 is 70.0. The Morgan fingerprint density at radius 3 is 2.68 bits per heavy atom. The Morgan fingerprint density at radius 2 is 2.00 bits per heavy atom. The van der Waals surface area contributed by atoms with Crippen molar-refractivity contribution in [2.24, 2.45) is 5.92 Å². The first-order valence-electron chi connectivity index (χ1n) is 6.45. The Labute approximate surface area is 121 Å². The summed E-state index contributed by atoms with van der Waals surface area (Å²) in [6, 6.07) is 1.57. The molecule has 3 rings (SSSR count). The fourth-order valence-corrected chi connectivity index (χ4v) is 2.46. The lowest BCUT2D eigenvalue weighted by atomic mass is 10.0. The third-order valence-electron chi connectivity index (χ3n) is 3.52. The zero-order chi connectivity index (χ0) is 15.9. The monoisotopic (exact) mass is 319 g/mol. The number of alkyl halides is 3. The Kier molecular flexibility index (Phi) is 3.59. The minimum atomic E-state index is -4.40. The van der Waals surface area contributed by atoms with Gasteiger partial charge in [0.15, 0.2) is 0 Å². The smallest absolute Gasteiger partial charge is 0.337 e. The molecule has 0 spiro atoms. The van der Waals surface area contributed by atoms with Crippen molar-refractivity contribution in [3.05, 3.63) is 35.7 Å². The average Bonchev–Trinajstić information content (AvgIpc) is 3.06. The summed E-state index contributed by atoms with van der Waals surface area (Å²) in [7, 11) is 0. The molecule has 0 amide bonds. The van der Waals surface area contributed by atoms with E-state index in [9.17, 15) is 22.0 Å². The van der Waals surface area contributed by atoms with E-state index >= 15 is 0 Å². The Morgan fingerprint density at radius 1 is 1.23 bits per heavy atom. The SMILES string of the molecule is Fc1ccc(-c2noc([C@H]3NCC[C@@H]3C(F)(F)F)n2)c(F)c1. The van der Waals surface area contributed by atoms with E-state index in [1.165, 1.54) is 0 Å². The molecule has 1 aromatic heterocycles. The molecular weight excluding hydrogens is 309 g/mol. The highest BCUT2D eigenvalue weighted by molar-refractivity contribution is 5.55. The Balaban J connectivity index is 1.91. The van der Waals surface area contributed by atoms with Crippen LogP contribution in [0.2, 0.25) is 0 Å². The quantitative estimate of drug-likeness (QED) is 0.864. The molecule has 1 N–H and O–H groups in total. The number of rotatable bonds is 2. The molecule has 2 atom stereocenters. The summed E-state index contributed by atoms with van der Waals surface area (Å²) in [4.78, 5) is 3.81. The number of benzene rings is 1. The van der Waals surface area contributed by atoms with Gasteiger partial charge in [0.25, 0.3) is 0 Å². The number of aromatic nitrogens is 2. The number of halogens is 5. The third kappa shape index (κ3) is 2.68. The van der Waals surface area contributed by atoms with Crippen LogP contribution in [-0.2, 0) is 0 Å². The van der Waals surface area contributed by atoms with E-state index in [0.717, 1.165) is 12.1 Å². The molecule has 0 unspecified atom stereocenters. The van der Waals surface area contributed by atoms with Crippen LogP contribution >= 0.6 is 0 Å². The van der Waals surface area contributed by atoms with Gasteiger partial charge in [0.05, 0.1) is 17.5 Å². The van der Waals surface area contributed by atoms with Crippen molar-refractivity contribution in [2.75, 3.05) is 6.54 Å². The molecule has 22 heavy (non-hydrogen) atoms. The number of nitrogens with one attached hydrogen (secondary N) is 1. The van der Waals surface area contributed by atoms with E-state index < -0.39 is 29.8 Å². The molecular formula is C13H10F5N3O. The van der Waals surface area contributed by atoms with Gasteiger partial charge in [-0.05, 0) is 25.1 Å². The maximum absolute atomic E-state index is 13.6. The summed E-state index contributed by atoms with van der Waals surface area (Å²) in [6.45, 7) is 0.164. The normalized spacial score (nSPS) is 22.2. The largest absolute Gasteiger partial charge is 0.393 e. The van der Waals surface area contributed by atoms with Crippen LogP contribution in [0.3, 0.4) is 0 Å². The fraction of sp³-hybridized carbons (Fsp3) is 0.385. The molecule has 0 bridgehead atoms. The molecule has 2 heterocycles. The molecule has 0 radical (unpaired) electrons. The zero-order valence-electron chi connectivity index (χ0n) is 11.0. The van der Waals surface area contributed by atoms with E-state index in [4.69, 9.17) is 4.52 Å². The second-order valence-corrected chi connectivity index (χ2v) is 4.95. The Bertz CT molecular complexity index is 685. The highest BCUT2D eigenvalue weighted by Gasteiger charge is 2.49. The third-order valence-corrected chi connectivity index (χ3v) is 3.52. The van der Waals surface area contributed by atoms with Crippen molar-refractivity contribution in [1.29, 1.82) is 0 Å². The van der Waals surface area contributed by atoms with Gasteiger partial charge < -0.3 is 9.84 Å². The van der Waals surface area contributed by atoms with Crippen LogP contribution in [0.15, 0.2) is 22.7 Å². The molecule has 1 aliphatic rings. The lowest BCUT2D eigenvalue weighted by Gasteiger charge is -2.18. The van der Waals surface area contributed by atoms with Crippen LogP contribution in [0.5, 0.6) is 0 Å². The minimum Gasteiger partial charge on any atom is -0.337 e. The Hall–Kier alpha value is -2.03. The van der Waals surface area contributed by atoms with Gasteiger partial charge in [0, 0.05) is 6.07 Å². The van der Waals surface area contributed by atoms with Gasteiger partial charge in [-0.3, -0.25) is 0 Å². The van der Waals surface area contributed by atoms with Crippen molar-refractivity contribution >= 4 is 0 Å². The summed E-state index contributed by atoms with van der Waals surface area (Å²) >= 11 is 0. The molecule has 2 aromatic rings. The minimum absolute atomic E-state index is 0.100. The maximum atomic E-state index is 13.6. The number of hydrogen-bond acceptors (Lipinski definition) is 4. The molecule has 1 fully saturated rings. The molecule has 1 aliphatic heterocycles. The van der Waals surface area contributed by atoms with Crippen molar-refractivity contribution in [2.45, 2.75) is 18.6 Å². The predicted octanol–water partition coefficient (Wildman–Crippen LogP) is 3.23. The summed E-state index contributed by atoms with van der Waals surface area (Å²) in [6.07, 6.45) is -4.50. The van der Waals surface area contributed by atoms with Crippen LogP contribution in [-0.4, -0.2) is 22.9 Å². The van der Waals surface area contributed by atoms with E-state index in [0.29, 0.717) is 6.07 Å². The molecule has 1 saturated heterocycles. The first-order chi connectivity index (χ1) is 10.4. The fourth-order valence-electron chi connectivity index (χ4n) is 2.46. The highest BCUT2D eigenvalue weighted by atomic mass is 19.4. The molecule has 4 nitrogen and oxygen atoms in total. The second-order valence-electron chi connectivity index (χ2n) is 4.95. The van der Waals surface area contributed by atoms with Crippen LogP contribution in [0, 0.1) is 17.6 Å². The summed E-state index contributed by atoms with van der Waals surface area (Å²) in [5, 5.41) is 6.13. The first kappa shape index (κ1) is 14.9. The van der Waals surface area contributed by atoms with Gasteiger partial charge in [-0.15, -0.1) is 0 Å². The topological polar surface area (TPSA) is 51.0 Å². The highest BCUT2D eigenvalue weighted by Crippen LogP contribution is 2.41. The van der Waals surface area contributed by atoms with Crippen molar-refractivity contribution in [1.82, 2.24) is 15.5 Å². The lowest BCUT2D eigenvalue weighted by molar-refractivity contribution is -0.178. The van der Waals surface area contributed by atoms with Crippen LogP contribution in [0.1, 0.15) is 18.4 Å². The second kappa shape index (κ2) is 5.31. The van der Waals surface area contributed by atoms with Gasteiger partial charge in [0.2, 0.25) is 11.7 Å². The summed E-state index contributed by atoms with van der Waals surface area (Å²) in [5.74, 6) is -3.82. The van der Waals surface area contributed by atoms with Crippen molar-refractivity contribution < 1.29 is 26.5 Å².